The minimum atomic E-state index is 0.392. The fraction of sp³-hybridized carbons (Fsp3) is 1.00. The van der Waals surface area contributed by atoms with Crippen LogP contribution in [0.1, 0.15) is 52.9 Å². The van der Waals surface area contributed by atoms with Crippen LogP contribution in [0.4, 0.5) is 0 Å². The summed E-state index contributed by atoms with van der Waals surface area (Å²) in [6.07, 6.45) is 7.40. The van der Waals surface area contributed by atoms with Gasteiger partial charge in [-0.25, -0.2) is 0 Å². The highest BCUT2D eigenvalue weighted by Gasteiger charge is 2.33. The molecular weight excluding hydrogens is 236 g/mol. The smallest absolute Gasteiger partial charge is 0.0707 e. The summed E-state index contributed by atoms with van der Waals surface area (Å²) in [5.74, 6) is 0.760. The van der Waals surface area contributed by atoms with E-state index >= 15 is 0 Å². The highest BCUT2D eigenvalue weighted by atomic mass is 16.5. The van der Waals surface area contributed by atoms with Gasteiger partial charge in [-0.2, -0.15) is 0 Å². The Kier molecular flexibility index (Phi) is 5.27. The van der Waals surface area contributed by atoms with Crippen LogP contribution in [-0.4, -0.2) is 43.3 Å². The zero-order chi connectivity index (χ0) is 13.9. The Labute approximate surface area is 118 Å². The second-order valence-electron chi connectivity index (χ2n) is 7.50. The maximum absolute atomic E-state index is 5.89. The van der Waals surface area contributed by atoms with Gasteiger partial charge in [0.2, 0.25) is 0 Å². The van der Waals surface area contributed by atoms with Crippen molar-refractivity contribution in [3.63, 3.8) is 0 Å². The predicted octanol–water partition coefficient (Wildman–Crippen LogP) is 2.64. The number of hydrogen-bond donors (Lipinski definition) is 1. The molecule has 2 heterocycles. The van der Waals surface area contributed by atoms with E-state index in [0.717, 1.165) is 32.0 Å². The largest absolute Gasteiger partial charge is 0.372 e. The average Bonchev–Trinajstić information content (AvgIpc) is 2.66. The van der Waals surface area contributed by atoms with Gasteiger partial charge >= 0.3 is 0 Å². The third kappa shape index (κ3) is 4.44. The van der Waals surface area contributed by atoms with E-state index in [-0.39, 0.29) is 0 Å². The Hall–Kier alpha value is -0.120. The molecule has 2 saturated heterocycles. The van der Waals surface area contributed by atoms with Crippen LogP contribution in [0.5, 0.6) is 0 Å². The van der Waals surface area contributed by atoms with Crippen molar-refractivity contribution in [2.24, 2.45) is 17.1 Å². The molecule has 2 aliphatic heterocycles. The lowest BCUT2D eigenvalue weighted by atomic mass is 9.76. The first-order chi connectivity index (χ1) is 8.99. The van der Waals surface area contributed by atoms with Crippen LogP contribution in [0.15, 0.2) is 0 Å². The molecule has 0 amide bonds. The Bertz CT molecular complexity index is 262. The molecule has 3 unspecified atom stereocenters. The molecule has 2 N–H and O–H groups in total. The Morgan fingerprint density at radius 1 is 1.16 bits per heavy atom. The second kappa shape index (κ2) is 6.55. The van der Waals surface area contributed by atoms with Crippen LogP contribution in [-0.2, 0) is 4.74 Å². The third-order valence-corrected chi connectivity index (χ3v) is 4.89. The van der Waals surface area contributed by atoms with Gasteiger partial charge in [0.1, 0.15) is 0 Å². The maximum Gasteiger partial charge on any atom is 0.0707 e. The first-order valence-electron chi connectivity index (χ1n) is 8.07. The van der Waals surface area contributed by atoms with Crippen molar-refractivity contribution in [3.8, 4) is 0 Å². The van der Waals surface area contributed by atoms with E-state index in [1.807, 2.05) is 0 Å². The van der Waals surface area contributed by atoms with E-state index in [9.17, 15) is 0 Å². The predicted molar refractivity (Wildman–Crippen MR) is 80.2 cm³/mol. The zero-order valence-corrected chi connectivity index (χ0v) is 13.0. The van der Waals surface area contributed by atoms with Crippen LogP contribution in [0.25, 0.3) is 0 Å². The quantitative estimate of drug-likeness (QED) is 0.805. The summed E-state index contributed by atoms with van der Waals surface area (Å²) < 4.78 is 5.89. The van der Waals surface area contributed by atoms with E-state index in [1.54, 1.807) is 0 Å². The first-order valence-corrected chi connectivity index (χ1v) is 8.07. The molecule has 3 nitrogen and oxygen atoms in total. The van der Waals surface area contributed by atoms with Crippen LogP contribution in [0.2, 0.25) is 0 Å². The molecule has 3 atom stereocenters. The van der Waals surface area contributed by atoms with Gasteiger partial charge < -0.3 is 10.5 Å². The van der Waals surface area contributed by atoms with Gasteiger partial charge in [-0.05, 0) is 56.5 Å². The van der Waals surface area contributed by atoms with Crippen LogP contribution >= 0.6 is 0 Å². The number of likely N-dealkylation sites (tertiary alicyclic amines) is 1. The Balaban J connectivity index is 1.70. The van der Waals surface area contributed by atoms with Crippen LogP contribution in [0, 0.1) is 11.3 Å². The summed E-state index contributed by atoms with van der Waals surface area (Å²) in [7, 11) is 0. The molecule has 0 aromatic rings. The molecule has 0 aromatic carbocycles. The van der Waals surface area contributed by atoms with Crippen molar-refractivity contribution in [3.05, 3.63) is 0 Å². The normalized spacial score (nSPS) is 29.7. The zero-order valence-electron chi connectivity index (χ0n) is 13.0. The van der Waals surface area contributed by atoms with Crippen molar-refractivity contribution < 1.29 is 4.74 Å². The SMILES string of the molecule is CC(C)(C)C(CCN)CCCN1CC2CCC(C1)O2. The first kappa shape index (κ1) is 15.3. The summed E-state index contributed by atoms with van der Waals surface area (Å²) >= 11 is 0. The number of nitrogens with zero attached hydrogens (tertiary/aromatic N) is 1. The molecule has 0 radical (unpaired) electrons. The van der Waals surface area contributed by atoms with Crippen molar-refractivity contribution in [1.82, 2.24) is 4.90 Å². The monoisotopic (exact) mass is 268 g/mol. The fourth-order valence-electron chi connectivity index (χ4n) is 3.65. The van der Waals surface area contributed by atoms with E-state index in [0.29, 0.717) is 17.6 Å². The van der Waals surface area contributed by atoms with Gasteiger partial charge in [0.15, 0.2) is 0 Å². The number of fused-ring (bicyclic) bond motifs is 2. The molecule has 2 fully saturated rings. The van der Waals surface area contributed by atoms with Crippen molar-refractivity contribution >= 4 is 0 Å². The number of nitrogens with two attached hydrogens (primary N) is 1. The van der Waals surface area contributed by atoms with Crippen molar-refractivity contribution in [1.29, 1.82) is 0 Å². The van der Waals surface area contributed by atoms with Gasteiger partial charge in [0, 0.05) is 13.1 Å². The molecular formula is C16H32N2O. The van der Waals surface area contributed by atoms with Crippen LogP contribution < -0.4 is 5.73 Å². The van der Waals surface area contributed by atoms with E-state index in [4.69, 9.17) is 10.5 Å². The molecule has 3 heteroatoms. The summed E-state index contributed by atoms with van der Waals surface area (Å²) in [6, 6.07) is 0. The van der Waals surface area contributed by atoms with E-state index < -0.39 is 0 Å². The summed E-state index contributed by atoms with van der Waals surface area (Å²) in [4.78, 5) is 2.62. The number of rotatable bonds is 6. The fourth-order valence-corrected chi connectivity index (χ4v) is 3.65. The van der Waals surface area contributed by atoms with Gasteiger partial charge in [0.05, 0.1) is 12.2 Å². The highest BCUT2D eigenvalue weighted by Crippen LogP contribution is 2.32. The molecule has 0 saturated carbocycles. The molecule has 0 aromatic heterocycles. The lowest BCUT2D eigenvalue weighted by Crippen LogP contribution is -2.43. The standard InChI is InChI=1S/C16H32N2O/c1-16(2,3)13(8-9-17)5-4-10-18-11-14-6-7-15(12-18)19-14/h13-15H,4-12,17H2,1-3H3. The maximum atomic E-state index is 5.89. The van der Waals surface area contributed by atoms with Crippen LogP contribution in [0.3, 0.4) is 0 Å². The Morgan fingerprint density at radius 2 is 1.79 bits per heavy atom. The lowest BCUT2D eigenvalue weighted by Gasteiger charge is -2.34. The van der Waals surface area contributed by atoms with Gasteiger partial charge in [-0.1, -0.05) is 20.8 Å². The van der Waals surface area contributed by atoms with Crippen molar-refractivity contribution in [2.75, 3.05) is 26.2 Å². The molecule has 0 spiro atoms. The lowest BCUT2D eigenvalue weighted by molar-refractivity contribution is -0.0391. The number of ether oxygens (including phenoxy) is 1. The number of hydrogen-bond acceptors (Lipinski definition) is 3. The third-order valence-electron chi connectivity index (χ3n) is 4.89. The molecule has 2 bridgehead atoms. The summed E-state index contributed by atoms with van der Waals surface area (Å²) in [6.45, 7) is 11.4. The second-order valence-corrected chi connectivity index (χ2v) is 7.50. The topological polar surface area (TPSA) is 38.5 Å². The summed E-state index contributed by atoms with van der Waals surface area (Å²) in [5.41, 5.74) is 6.15. The number of morpholine rings is 1. The average molecular weight is 268 g/mol. The van der Waals surface area contributed by atoms with Crippen molar-refractivity contribution in [2.45, 2.75) is 65.1 Å². The van der Waals surface area contributed by atoms with E-state index in [2.05, 4.69) is 25.7 Å². The minimum absolute atomic E-state index is 0.392. The molecule has 0 aliphatic carbocycles. The Morgan fingerprint density at radius 3 is 2.32 bits per heavy atom. The highest BCUT2D eigenvalue weighted by molar-refractivity contribution is 4.85. The van der Waals surface area contributed by atoms with Gasteiger partial charge in [-0.3, -0.25) is 4.90 Å². The molecule has 2 rings (SSSR count). The molecule has 2 aliphatic rings. The minimum Gasteiger partial charge on any atom is -0.372 e. The van der Waals surface area contributed by atoms with E-state index in [1.165, 1.54) is 32.2 Å². The molecule has 112 valence electrons. The summed E-state index contributed by atoms with van der Waals surface area (Å²) in [5, 5.41) is 0. The van der Waals surface area contributed by atoms with Gasteiger partial charge in [-0.15, -0.1) is 0 Å². The van der Waals surface area contributed by atoms with Gasteiger partial charge in [0.25, 0.3) is 0 Å². The molecule has 19 heavy (non-hydrogen) atoms.